The molecule has 0 saturated heterocycles. The summed E-state index contributed by atoms with van der Waals surface area (Å²) in [6, 6.07) is 4.48. The third-order valence-electron chi connectivity index (χ3n) is 2.45. The van der Waals surface area contributed by atoms with E-state index >= 15 is 0 Å². The Morgan fingerprint density at radius 2 is 1.42 bits per heavy atom. The van der Waals surface area contributed by atoms with Crippen LogP contribution in [0.2, 0.25) is 0 Å². The Morgan fingerprint density at radius 1 is 0.947 bits per heavy atom. The number of hydrogen-bond donors (Lipinski definition) is 0. The molecule has 3 nitrogen and oxygen atoms in total. The smallest absolute Gasteiger partial charge is 0.198 e. The van der Waals surface area contributed by atoms with Gasteiger partial charge in [-0.05, 0) is 5.56 Å². The Morgan fingerprint density at radius 3 is 1.79 bits per heavy atom. The lowest BCUT2D eigenvalue weighted by Gasteiger charge is -2.19. The van der Waals surface area contributed by atoms with Gasteiger partial charge in [0, 0.05) is 0 Å². The summed E-state index contributed by atoms with van der Waals surface area (Å²) in [5, 5.41) is 26.2. The first-order valence-electron chi connectivity index (χ1n) is 4.77. The van der Waals surface area contributed by atoms with Gasteiger partial charge in [0.15, 0.2) is 0 Å². The average Bonchev–Trinajstić information content (AvgIpc) is 2.31. The highest BCUT2D eigenvalue weighted by atomic mass is 19.4. The van der Waals surface area contributed by atoms with Crippen LogP contribution in [0.3, 0.4) is 0 Å². The van der Waals surface area contributed by atoms with E-state index in [0.717, 1.165) is 0 Å². The summed E-state index contributed by atoms with van der Waals surface area (Å²) in [5.74, 6) is 0. The van der Waals surface area contributed by atoms with Gasteiger partial charge >= 0.3 is 6.18 Å². The second-order valence-corrected chi connectivity index (χ2v) is 3.49. The van der Waals surface area contributed by atoms with Crippen molar-refractivity contribution in [2.24, 2.45) is 0 Å². The van der Waals surface area contributed by atoms with Gasteiger partial charge < -0.3 is 0 Å². The third-order valence-corrected chi connectivity index (χ3v) is 2.45. The van der Waals surface area contributed by atoms with Crippen LogP contribution in [0.25, 0.3) is 0 Å². The average molecular weight is 255 g/mol. The zero-order valence-electron chi connectivity index (χ0n) is 9.34. The second kappa shape index (κ2) is 5.08. The summed E-state index contributed by atoms with van der Waals surface area (Å²) in [6.45, 7) is 0. The standard InChI is InChI=1S/C11H2B2F3N3/c12-9-5(1-2-17)8(11(14,15)16)10(13)7(4-19)6(9)3-18/h1H2. The number of rotatable bonds is 1. The summed E-state index contributed by atoms with van der Waals surface area (Å²) in [6.07, 6.45) is -5.53. The van der Waals surface area contributed by atoms with Gasteiger partial charge in [0.2, 0.25) is 0 Å². The summed E-state index contributed by atoms with van der Waals surface area (Å²) in [4.78, 5) is 0. The molecule has 0 aliphatic heterocycles. The normalized spacial score (nSPS) is 10.3. The van der Waals surface area contributed by atoms with Crippen molar-refractivity contribution in [1.82, 2.24) is 0 Å². The molecule has 8 heteroatoms. The lowest BCUT2D eigenvalue weighted by molar-refractivity contribution is -0.137. The molecule has 0 N–H and O–H groups in total. The fourth-order valence-corrected chi connectivity index (χ4v) is 1.66. The zero-order chi connectivity index (χ0) is 14.8. The van der Waals surface area contributed by atoms with Gasteiger partial charge in [-0.25, -0.2) is 0 Å². The quantitative estimate of drug-likeness (QED) is 0.668. The van der Waals surface area contributed by atoms with Crippen molar-refractivity contribution in [3.05, 3.63) is 22.3 Å². The predicted octanol–water partition coefficient (Wildman–Crippen LogP) is 0.102. The van der Waals surface area contributed by atoms with Crippen LogP contribution in [0, 0.1) is 34.0 Å². The van der Waals surface area contributed by atoms with E-state index in [1.165, 1.54) is 18.2 Å². The van der Waals surface area contributed by atoms with Crippen molar-refractivity contribution in [3.63, 3.8) is 0 Å². The van der Waals surface area contributed by atoms with Gasteiger partial charge in [0.1, 0.15) is 15.7 Å². The van der Waals surface area contributed by atoms with E-state index < -0.39 is 45.8 Å². The zero-order valence-corrected chi connectivity index (χ0v) is 9.34. The van der Waals surface area contributed by atoms with Crippen LogP contribution in [-0.4, -0.2) is 15.7 Å². The largest absolute Gasteiger partial charge is 0.416 e. The summed E-state index contributed by atoms with van der Waals surface area (Å²) >= 11 is 0. The van der Waals surface area contributed by atoms with Crippen LogP contribution in [0.5, 0.6) is 0 Å². The van der Waals surface area contributed by atoms with Gasteiger partial charge in [0.05, 0.1) is 41.3 Å². The van der Waals surface area contributed by atoms with Crippen molar-refractivity contribution in [2.75, 3.05) is 0 Å². The van der Waals surface area contributed by atoms with Crippen molar-refractivity contribution in [1.29, 1.82) is 15.8 Å². The first kappa shape index (κ1) is 14.7. The van der Waals surface area contributed by atoms with Crippen molar-refractivity contribution in [3.8, 4) is 18.2 Å². The molecule has 0 aliphatic carbocycles. The van der Waals surface area contributed by atoms with E-state index in [2.05, 4.69) is 0 Å². The molecule has 1 aromatic carbocycles. The molecule has 0 unspecified atom stereocenters. The molecule has 0 heterocycles. The molecular weight excluding hydrogens is 253 g/mol. The third kappa shape index (κ3) is 2.41. The van der Waals surface area contributed by atoms with Crippen LogP contribution in [0.15, 0.2) is 0 Å². The molecule has 1 aromatic rings. The highest BCUT2D eigenvalue weighted by Crippen LogP contribution is 2.31. The lowest BCUT2D eigenvalue weighted by Crippen LogP contribution is -2.33. The number of nitriles is 3. The summed E-state index contributed by atoms with van der Waals surface area (Å²) in [7, 11) is 10.7. The van der Waals surface area contributed by atoms with Crippen molar-refractivity contribution < 1.29 is 13.2 Å². The lowest BCUT2D eigenvalue weighted by atomic mass is 9.73. The van der Waals surface area contributed by atoms with Crippen LogP contribution in [0.4, 0.5) is 13.2 Å². The van der Waals surface area contributed by atoms with Gasteiger partial charge in [-0.3, -0.25) is 0 Å². The van der Waals surface area contributed by atoms with Gasteiger partial charge in [0.25, 0.3) is 0 Å². The van der Waals surface area contributed by atoms with E-state index in [-0.39, 0.29) is 0 Å². The molecule has 0 aliphatic rings. The van der Waals surface area contributed by atoms with E-state index in [4.69, 9.17) is 31.5 Å². The molecule has 0 aromatic heterocycles. The maximum Gasteiger partial charge on any atom is 0.416 e. The molecule has 0 saturated carbocycles. The van der Waals surface area contributed by atoms with E-state index in [0.29, 0.717) is 0 Å². The number of hydrogen-bond acceptors (Lipinski definition) is 3. The second-order valence-electron chi connectivity index (χ2n) is 3.49. The first-order chi connectivity index (χ1) is 8.79. The van der Waals surface area contributed by atoms with Gasteiger partial charge in [-0.1, -0.05) is 10.9 Å². The minimum Gasteiger partial charge on any atom is -0.198 e. The molecule has 0 fully saturated rings. The number of alkyl halides is 3. The summed E-state index contributed by atoms with van der Waals surface area (Å²) in [5.41, 5.74) is -4.41. The number of nitrogens with zero attached hydrogens (tertiary/aromatic N) is 3. The Kier molecular flexibility index (Phi) is 3.92. The van der Waals surface area contributed by atoms with Crippen molar-refractivity contribution in [2.45, 2.75) is 12.6 Å². The fraction of sp³-hybridized carbons (Fsp3) is 0.182. The molecule has 0 bridgehead atoms. The summed E-state index contributed by atoms with van der Waals surface area (Å²) < 4.78 is 38.8. The predicted molar refractivity (Wildman–Crippen MR) is 61.0 cm³/mol. The first-order valence-corrected chi connectivity index (χ1v) is 4.77. The van der Waals surface area contributed by atoms with Crippen LogP contribution >= 0.6 is 0 Å². The van der Waals surface area contributed by atoms with E-state index in [9.17, 15) is 13.2 Å². The monoisotopic (exact) mass is 255 g/mol. The Bertz CT molecular complexity index is 660. The van der Waals surface area contributed by atoms with Gasteiger partial charge in [-0.15, -0.1) is 0 Å². The van der Waals surface area contributed by atoms with E-state index in [1.54, 1.807) is 0 Å². The molecule has 4 radical (unpaired) electrons. The molecule has 0 amide bonds. The minimum atomic E-state index is -4.87. The maximum atomic E-state index is 12.9. The molecular formula is C11H2B2F3N3. The molecule has 1 rings (SSSR count). The van der Waals surface area contributed by atoms with Crippen LogP contribution in [0.1, 0.15) is 22.3 Å². The highest BCUT2D eigenvalue weighted by molar-refractivity contribution is 6.40. The highest BCUT2D eigenvalue weighted by Gasteiger charge is 2.37. The van der Waals surface area contributed by atoms with Crippen molar-refractivity contribution >= 4 is 26.6 Å². The number of benzene rings is 1. The molecule has 0 atom stereocenters. The van der Waals surface area contributed by atoms with E-state index in [1.807, 2.05) is 0 Å². The minimum absolute atomic E-state index is 0.446. The Hall–Kier alpha value is -2.39. The fourth-order valence-electron chi connectivity index (χ4n) is 1.66. The Labute approximate surface area is 109 Å². The SMILES string of the molecule is [B]c1c(C#N)c(C#N)c([B])c(C(F)(F)F)c1CC#N. The molecule has 0 spiro atoms. The van der Waals surface area contributed by atoms with Crippen LogP contribution < -0.4 is 10.9 Å². The maximum absolute atomic E-state index is 12.9. The topological polar surface area (TPSA) is 71.4 Å². The van der Waals surface area contributed by atoms with Crippen LogP contribution in [-0.2, 0) is 12.6 Å². The number of halogens is 3. The Balaban J connectivity index is 3.94. The van der Waals surface area contributed by atoms with Gasteiger partial charge in [-0.2, -0.15) is 29.0 Å². The molecule has 88 valence electrons. The molecule has 19 heavy (non-hydrogen) atoms.